The minimum absolute atomic E-state index is 0.102. The highest BCUT2D eigenvalue weighted by atomic mass is 16.2. The second kappa shape index (κ2) is 5.84. The van der Waals surface area contributed by atoms with Gasteiger partial charge in [0, 0.05) is 5.69 Å². The second-order valence-corrected chi connectivity index (χ2v) is 8.04. The summed E-state index contributed by atoms with van der Waals surface area (Å²) in [5.41, 5.74) is 3.32. The first kappa shape index (κ1) is 17.3. The van der Waals surface area contributed by atoms with Crippen LogP contribution < -0.4 is 5.32 Å². The molecule has 2 aromatic rings. The lowest BCUT2D eigenvalue weighted by atomic mass is 9.87. The largest absolute Gasteiger partial charge is 0.321 e. The number of hydrogen-bond donors (Lipinski definition) is 1. The smallest absolute Gasteiger partial charge is 0.273 e. The van der Waals surface area contributed by atoms with Crippen molar-refractivity contribution in [2.24, 2.45) is 0 Å². The summed E-state index contributed by atoms with van der Waals surface area (Å²) < 4.78 is 1.78. The summed E-state index contributed by atoms with van der Waals surface area (Å²) in [6.45, 7) is 14.5. The molecule has 124 valence electrons. The van der Waals surface area contributed by atoms with Crippen molar-refractivity contribution in [3.8, 4) is 0 Å². The lowest BCUT2D eigenvalue weighted by Gasteiger charge is -2.22. The molecule has 4 heteroatoms. The number of anilines is 1. The maximum atomic E-state index is 12.6. The van der Waals surface area contributed by atoms with Crippen LogP contribution in [0.15, 0.2) is 30.3 Å². The first-order valence-corrected chi connectivity index (χ1v) is 7.97. The van der Waals surface area contributed by atoms with Gasteiger partial charge in [0.25, 0.3) is 5.91 Å². The summed E-state index contributed by atoms with van der Waals surface area (Å²) in [6, 6.07) is 9.83. The minimum Gasteiger partial charge on any atom is -0.321 e. The van der Waals surface area contributed by atoms with Gasteiger partial charge in [-0.2, -0.15) is 5.10 Å². The Morgan fingerprint density at radius 2 is 1.61 bits per heavy atom. The topological polar surface area (TPSA) is 46.9 Å². The summed E-state index contributed by atoms with van der Waals surface area (Å²) in [4.78, 5) is 12.6. The molecule has 1 aromatic heterocycles. The summed E-state index contributed by atoms with van der Waals surface area (Å²) >= 11 is 0. The molecular weight excluding hydrogens is 286 g/mol. The van der Waals surface area contributed by atoms with Gasteiger partial charge in [0.15, 0.2) is 0 Å². The summed E-state index contributed by atoms with van der Waals surface area (Å²) in [5, 5.41) is 7.41. The number of nitrogens with zero attached hydrogens (tertiary/aromatic N) is 2. The highest BCUT2D eigenvalue weighted by Gasteiger charge is 2.23. The Kier molecular flexibility index (Phi) is 4.38. The molecular formula is C19H27N3O. The van der Waals surface area contributed by atoms with Crippen LogP contribution in [-0.2, 0) is 11.0 Å². The van der Waals surface area contributed by atoms with Crippen molar-refractivity contribution in [2.75, 3.05) is 5.32 Å². The molecule has 0 atom stereocenters. The van der Waals surface area contributed by atoms with E-state index in [-0.39, 0.29) is 16.9 Å². The monoisotopic (exact) mass is 313 g/mol. The maximum Gasteiger partial charge on any atom is 0.273 e. The predicted molar refractivity (Wildman–Crippen MR) is 95.1 cm³/mol. The van der Waals surface area contributed by atoms with Crippen LogP contribution in [0.2, 0.25) is 0 Å². The average molecular weight is 313 g/mol. The fourth-order valence-electron chi connectivity index (χ4n) is 2.42. The Labute approximate surface area is 138 Å². The van der Waals surface area contributed by atoms with Gasteiger partial charge in [-0.15, -0.1) is 0 Å². The number of aromatic nitrogens is 2. The molecule has 0 saturated carbocycles. The van der Waals surface area contributed by atoms with Gasteiger partial charge in [-0.05, 0) is 56.9 Å². The summed E-state index contributed by atoms with van der Waals surface area (Å²) in [7, 11) is 0. The molecule has 0 spiro atoms. The molecule has 0 radical (unpaired) electrons. The molecule has 1 aromatic carbocycles. The van der Waals surface area contributed by atoms with Crippen LogP contribution >= 0.6 is 0 Å². The molecule has 23 heavy (non-hydrogen) atoms. The molecule has 0 aliphatic carbocycles. The second-order valence-electron chi connectivity index (χ2n) is 8.04. The van der Waals surface area contributed by atoms with Crippen molar-refractivity contribution >= 4 is 11.6 Å². The Hall–Kier alpha value is -2.10. The maximum absolute atomic E-state index is 12.6. The van der Waals surface area contributed by atoms with E-state index in [1.165, 1.54) is 5.56 Å². The fourth-order valence-corrected chi connectivity index (χ4v) is 2.42. The van der Waals surface area contributed by atoms with Crippen LogP contribution in [0.1, 0.15) is 63.3 Å². The number of aryl methyl sites for hydroxylation is 1. The number of amides is 1. The molecule has 0 aliphatic heterocycles. The van der Waals surface area contributed by atoms with Crippen LogP contribution in [-0.4, -0.2) is 15.7 Å². The van der Waals surface area contributed by atoms with Crippen molar-refractivity contribution in [3.05, 3.63) is 47.3 Å². The van der Waals surface area contributed by atoms with E-state index in [1.54, 1.807) is 4.68 Å². The van der Waals surface area contributed by atoms with Gasteiger partial charge in [-0.25, -0.2) is 0 Å². The number of carbonyl (C=O) groups is 1. The van der Waals surface area contributed by atoms with Crippen molar-refractivity contribution in [3.63, 3.8) is 0 Å². The quantitative estimate of drug-likeness (QED) is 0.887. The first-order chi connectivity index (χ1) is 10.5. The Morgan fingerprint density at radius 3 is 2.09 bits per heavy atom. The minimum atomic E-state index is -0.239. The van der Waals surface area contributed by atoms with E-state index in [0.717, 1.165) is 11.4 Å². The van der Waals surface area contributed by atoms with Gasteiger partial charge in [0.2, 0.25) is 0 Å². The molecule has 0 bridgehead atoms. The van der Waals surface area contributed by atoms with Gasteiger partial charge < -0.3 is 5.32 Å². The van der Waals surface area contributed by atoms with Crippen LogP contribution in [0, 0.1) is 6.92 Å². The lowest BCUT2D eigenvalue weighted by molar-refractivity contribution is 0.100. The zero-order chi connectivity index (χ0) is 17.4. The molecule has 0 unspecified atom stereocenters. The van der Waals surface area contributed by atoms with Gasteiger partial charge in [-0.1, -0.05) is 32.9 Å². The molecule has 0 aliphatic rings. The third-order valence-electron chi connectivity index (χ3n) is 3.71. The van der Waals surface area contributed by atoms with Crippen LogP contribution in [0.25, 0.3) is 0 Å². The Bertz CT molecular complexity index is 698. The van der Waals surface area contributed by atoms with E-state index in [1.807, 2.05) is 45.9 Å². The lowest BCUT2D eigenvalue weighted by Crippen LogP contribution is -2.29. The highest BCUT2D eigenvalue weighted by molar-refractivity contribution is 6.03. The SMILES string of the molecule is Cc1cc(C(=O)Nc2ccc(C(C)(C)C)cc2)n(C(C)(C)C)n1. The molecule has 1 heterocycles. The molecule has 2 rings (SSSR count). The van der Waals surface area contributed by atoms with E-state index in [9.17, 15) is 4.79 Å². The van der Waals surface area contributed by atoms with E-state index in [2.05, 4.69) is 43.3 Å². The first-order valence-electron chi connectivity index (χ1n) is 7.97. The van der Waals surface area contributed by atoms with Crippen LogP contribution in [0.4, 0.5) is 5.69 Å². The van der Waals surface area contributed by atoms with E-state index < -0.39 is 0 Å². The van der Waals surface area contributed by atoms with Gasteiger partial charge in [0.1, 0.15) is 5.69 Å². The molecule has 4 nitrogen and oxygen atoms in total. The Balaban J connectivity index is 2.23. The highest BCUT2D eigenvalue weighted by Crippen LogP contribution is 2.24. The number of hydrogen-bond acceptors (Lipinski definition) is 2. The van der Waals surface area contributed by atoms with E-state index in [4.69, 9.17) is 0 Å². The van der Waals surface area contributed by atoms with Gasteiger partial charge in [-0.3, -0.25) is 9.48 Å². The molecule has 0 saturated heterocycles. The van der Waals surface area contributed by atoms with Gasteiger partial charge >= 0.3 is 0 Å². The number of carbonyl (C=O) groups excluding carboxylic acids is 1. The molecule has 1 N–H and O–H groups in total. The third-order valence-corrected chi connectivity index (χ3v) is 3.71. The molecule has 0 fully saturated rings. The number of nitrogens with one attached hydrogen (secondary N) is 1. The number of benzene rings is 1. The van der Waals surface area contributed by atoms with Gasteiger partial charge in [0.05, 0.1) is 11.2 Å². The predicted octanol–water partition coefficient (Wildman–Crippen LogP) is 4.50. The van der Waals surface area contributed by atoms with Crippen molar-refractivity contribution in [2.45, 2.75) is 59.4 Å². The van der Waals surface area contributed by atoms with Crippen molar-refractivity contribution in [1.82, 2.24) is 9.78 Å². The zero-order valence-corrected chi connectivity index (χ0v) is 15.2. The normalized spacial score (nSPS) is 12.3. The number of rotatable bonds is 2. The van der Waals surface area contributed by atoms with Crippen molar-refractivity contribution < 1.29 is 4.79 Å². The summed E-state index contributed by atoms with van der Waals surface area (Å²) in [6.07, 6.45) is 0. The zero-order valence-electron chi connectivity index (χ0n) is 15.2. The standard InChI is InChI=1S/C19H27N3O/c1-13-12-16(22(21-13)19(5,6)7)17(23)20-15-10-8-14(9-11-15)18(2,3)4/h8-12H,1-7H3,(H,20,23). The fraction of sp³-hybridized carbons (Fsp3) is 0.474. The Morgan fingerprint density at radius 1 is 1.04 bits per heavy atom. The van der Waals surface area contributed by atoms with Crippen LogP contribution in [0.3, 0.4) is 0 Å². The van der Waals surface area contributed by atoms with E-state index in [0.29, 0.717) is 5.69 Å². The van der Waals surface area contributed by atoms with E-state index >= 15 is 0 Å². The summed E-state index contributed by atoms with van der Waals surface area (Å²) in [5.74, 6) is -0.135. The van der Waals surface area contributed by atoms with Crippen molar-refractivity contribution in [1.29, 1.82) is 0 Å². The van der Waals surface area contributed by atoms with Crippen LogP contribution in [0.5, 0.6) is 0 Å². The third kappa shape index (κ3) is 4.01. The molecule has 1 amide bonds. The average Bonchev–Trinajstić information content (AvgIpc) is 2.80.